The van der Waals surface area contributed by atoms with Crippen LogP contribution in [0.15, 0.2) is 54.9 Å². The van der Waals surface area contributed by atoms with Gasteiger partial charge >= 0.3 is 0 Å². The fourth-order valence-corrected chi connectivity index (χ4v) is 3.26. The van der Waals surface area contributed by atoms with Gasteiger partial charge in [0.05, 0.1) is 22.7 Å². The SMILES string of the molecule is Cc1nc(N[C@H](C)c2cccc(C(F)F)c2F)c2cc(-c3ccccn3)cnc2n1. The zero-order valence-electron chi connectivity index (χ0n) is 16.3. The summed E-state index contributed by atoms with van der Waals surface area (Å²) in [4.78, 5) is 17.5. The number of benzene rings is 1. The lowest BCUT2D eigenvalue weighted by atomic mass is 10.0. The van der Waals surface area contributed by atoms with Crippen molar-refractivity contribution in [2.75, 3.05) is 5.32 Å². The first-order valence-electron chi connectivity index (χ1n) is 9.33. The average molecular weight is 409 g/mol. The smallest absolute Gasteiger partial charge is 0.266 e. The topological polar surface area (TPSA) is 63.6 Å². The van der Waals surface area contributed by atoms with Crippen LogP contribution in [0.5, 0.6) is 0 Å². The van der Waals surface area contributed by atoms with E-state index in [-0.39, 0.29) is 5.56 Å². The van der Waals surface area contributed by atoms with Crippen LogP contribution in [0, 0.1) is 12.7 Å². The number of anilines is 1. The molecule has 0 bridgehead atoms. The third-order valence-corrected chi connectivity index (χ3v) is 4.74. The van der Waals surface area contributed by atoms with E-state index in [1.807, 2.05) is 24.3 Å². The Morgan fingerprint density at radius 1 is 0.967 bits per heavy atom. The Morgan fingerprint density at radius 2 is 1.77 bits per heavy atom. The minimum Gasteiger partial charge on any atom is -0.363 e. The van der Waals surface area contributed by atoms with Crippen LogP contribution in [0.3, 0.4) is 0 Å². The number of aryl methyl sites for hydroxylation is 1. The molecule has 0 aliphatic carbocycles. The van der Waals surface area contributed by atoms with E-state index in [9.17, 15) is 13.2 Å². The number of halogens is 3. The minimum absolute atomic E-state index is 0.131. The Bertz CT molecular complexity index is 1200. The van der Waals surface area contributed by atoms with Crippen molar-refractivity contribution in [3.63, 3.8) is 0 Å². The second-order valence-corrected chi connectivity index (χ2v) is 6.85. The lowest BCUT2D eigenvalue weighted by Gasteiger charge is -2.18. The number of pyridine rings is 2. The number of hydrogen-bond donors (Lipinski definition) is 1. The molecule has 5 nitrogen and oxygen atoms in total. The number of aromatic nitrogens is 4. The maximum atomic E-state index is 14.6. The Kier molecular flexibility index (Phi) is 5.31. The van der Waals surface area contributed by atoms with Crippen molar-refractivity contribution in [2.45, 2.75) is 26.3 Å². The molecule has 0 spiro atoms. The molecule has 3 heterocycles. The van der Waals surface area contributed by atoms with Crippen LogP contribution in [0.25, 0.3) is 22.3 Å². The highest BCUT2D eigenvalue weighted by Crippen LogP contribution is 2.31. The van der Waals surface area contributed by atoms with E-state index < -0.39 is 23.8 Å². The summed E-state index contributed by atoms with van der Waals surface area (Å²) in [7, 11) is 0. The normalized spacial score (nSPS) is 12.3. The van der Waals surface area contributed by atoms with Gasteiger partial charge in [0.2, 0.25) is 0 Å². The molecule has 0 unspecified atom stereocenters. The summed E-state index contributed by atoms with van der Waals surface area (Å²) in [6, 6.07) is 10.8. The summed E-state index contributed by atoms with van der Waals surface area (Å²) in [5.74, 6) is 0.00380. The molecule has 0 fully saturated rings. The molecule has 0 saturated carbocycles. The van der Waals surface area contributed by atoms with Gasteiger partial charge < -0.3 is 5.32 Å². The second kappa shape index (κ2) is 8.06. The van der Waals surface area contributed by atoms with Gasteiger partial charge in [0.25, 0.3) is 6.43 Å². The summed E-state index contributed by atoms with van der Waals surface area (Å²) >= 11 is 0. The van der Waals surface area contributed by atoms with Crippen molar-refractivity contribution in [1.82, 2.24) is 19.9 Å². The molecule has 8 heteroatoms. The van der Waals surface area contributed by atoms with E-state index in [2.05, 4.69) is 25.3 Å². The third-order valence-electron chi connectivity index (χ3n) is 4.74. The van der Waals surface area contributed by atoms with Crippen LogP contribution >= 0.6 is 0 Å². The molecule has 0 aliphatic rings. The Morgan fingerprint density at radius 3 is 2.50 bits per heavy atom. The predicted molar refractivity (Wildman–Crippen MR) is 109 cm³/mol. The Balaban J connectivity index is 1.76. The molecule has 0 saturated heterocycles. The molecule has 1 atom stereocenters. The van der Waals surface area contributed by atoms with Crippen LogP contribution in [0.4, 0.5) is 19.0 Å². The molecular formula is C22H18F3N5. The van der Waals surface area contributed by atoms with Gasteiger partial charge in [0.15, 0.2) is 5.65 Å². The molecule has 4 aromatic rings. The van der Waals surface area contributed by atoms with Crippen molar-refractivity contribution in [2.24, 2.45) is 0 Å². The molecule has 152 valence electrons. The van der Waals surface area contributed by atoms with Crippen LogP contribution in [-0.2, 0) is 0 Å². The molecule has 1 aromatic carbocycles. The Hall–Kier alpha value is -3.55. The highest BCUT2D eigenvalue weighted by atomic mass is 19.3. The predicted octanol–water partition coefficient (Wildman–Crippen LogP) is 5.65. The summed E-state index contributed by atoms with van der Waals surface area (Å²) in [5, 5.41) is 3.76. The van der Waals surface area contributed by atoms with Crippen LogP contribution in [-0.4, -0.2) is 19.9 Å². The summed E-state index contributed by atoms with van der Waals surface area (Å²) in [6.45, 7) is 3.41. The summed E-state index contributed by atoms with van der Waals surface area (Å²) < 4.78 is 40.7. The molecule has 0 amide bonds. The number of nitrogens with one attached hydrogen (secondary N) is 1. The van der Waals surface area contributed by atoms with Crippen LogP contribution < -0.4 is 5.32 Å². The van der Waals surface area contributed by atoms with E-state index in [0.29, 0.717) is 22.7 Å². The van der Waals surface area contributed by atoms with Crippen molar-refractivity contribution in [3.05, 3.63) is 77.6 Å². The minimum atomic E-state index is -2.88. The maximum absolute atomic E-state index is 14.6. The number of fused-ring (bicyclic) bond motifs is 1. The van der Waals surface area contributed by atoms with Gasteiger partial charge in [0, 0.05) is 23.5 Å². The quantitative estimate of drug-likeness (QED) is 0.462. The van der Waals surface area contributed by atoms with E-state index in [0.717, 1.165) is 17.3 Å². The van der Waals surface area contributed by atoms with Gasteiger partial charge in [0.1, 0.15) is 17.5 Å². The van der Waals surface area contributed by atoms with Crippen molar-refractivity contribution < 1.29 is 13.2 Å². The molecule has 0 aliphatic heterocycles. The van der Waals surface area contributed by atoms with Crippen LogP contribution in [0.1, 0.15) is 36.3 Å². The number of rotatable bonds is 5. The van der Waals surface area contributed by atoms with Gasteiger partial charge in [-0.15, -0.1) is 0 Å². The number of alkyl halides is 2. The lowest BCUT2D eigenvalue weighted by molar-refractivity contribution is 0.146. The average Bonchev–Trinajstić information content (AvgIpc) is 2.74. The molecule has 0 radical (unpaired) electrons. The largest absolute Gasteiger partial charge is 0.363 e. The standard InChI is InChI=1S/C22H18F3N5/c1-12(15-6-5-7-16(19(15)23)20(24)25)28-22-17-10-14(18-8-3-4-9-26-18)11-27-21(17)29-13(2)30-22/h3-12,20H,1-2H3,(H,27,28,29,30)/t12-/m1/s1. The monoisotopic (exact) mass is 409 g/mol. The first-order valence-corrected chi connectivity index (χ1v) is 9.33. The first kappa shape index (κ1) is 19.8. The zero-order chi connectivity index (χ0) is 21.3. The fourth-order valence-electron chi connectivity index (χ4n) is 3.26. The van der Waals surface area contributed by atoms with Crippen molar-refractivity contribution >= 4 is 16.9 Å². The van der Waals surface area contributed by atoms with Gasteiger partial charge in [-0.2, -0.15) is 0 Å². The van der Waals surface area contributed by atoms with E-state index in [1.54, 1.807) is 26.2 Å². The van der Waals surface area contributed by atoms with Gasteiger partial charge in [-0.3, -0.25) is 4.98 Å². The molecule has 1 N–H and O–H groups in total. The second-order valence-electron chi connectivity index (χ2n) is 6.85. The maximum Gasteiger partial charge on any atom is 0.266 e. The highest BCUT2D eigenvalue weighted by molar-refractivity contribution is 5.89. The molecule has 4 rings (SSSR count). The fraction of sp³-hybridized carbons (Fsp3) is 0.182. The van der Waals surface area contributed by atoms with Crippen molar-refractivity contribution in [1.29, 1.82) is 0 Å². The summed E-state index contributed by atoms with van der Waals surface area (Å²) in [5.41, 5.74) is 1.49. The van der Waals surface area contributed by atoms with Crippen LogP contribution in [0.2, 0.25) is 0 Å². The van der Waals surface area contributed by atoms with Crippen molar-refractivity contribution in [3.8, 4) is 11.3 Å². The van der Waals surface area contributed by atoms with Gasteiger partial charge in [-0.1, -0.05) is 24.3 Å². The Labute approximate surface area is 171 Å². The summed E-state index contributed by atoms with van der Waals surface area (Å²) in [6.07, 6.45) is 0.478. The van der Waals surface area contributed by atoms with E-state index in [4.69, 9.17) is 0 Å². The highest BCUT2D eigenvalue weighted by Gasteiger charge is 2.20. The van der Waals surface area contributed by atoms with E-state index in [1.165, 1.54) is 12.1 Å². The molecule has 30 heavy (non-hydrogen) atoms. The zero-order valence-corrected chi connectivity index (χ0v) is 16.3. The van der Waals surface area contributed by atoms with Gasteiger partial charge in [-0.05, 0) is 32.0 Å². The third kappa shape index (κ3) is 3.80. The molecule has 3 aromatic heterocycles. The molecular weight excluding hydrogens is 391 g/mol. The lowest BCUT2D eigenvalue weighted by Crippen LogP contribution is -2.12. The number of nitrogens with zero attached hydrogens (tertiary/aromatic N) is 4. The van der Waals surface area contributed by atoms with Gasteiger partial charge in [-0.25, -0.2) is 28.1 Å². The first-order chi connectivity index (χ1) is 14.4. The van der Waals surface area contributed by atoms with E-state index >= 15 is 0 Å². The number of hydrogen-bond acceptors (Lipinski definition) is 5.